The molecule has 1 heterocycles. The zero-order chi connectivity index (χ0) is 20.1. The standard InChI is InChI=1S/C24H23ClFN3/c25-22-12-7-13-23(26)21(22)18-27-29-16-14-28(15-17-29)24(19-8-3-1-4-9-19)20-10-5-2-6-11-20/h1-13,18,24H,14-17H2. The van der Waals surface area contributed by atoms with Crippen molar-refractivity contribution in [1.29, 1.82) is 0 Å². The Labute approximate surface area is 176 Å². The van der Waals surface area contributed by atoms with Crippen LogP contribution in [0.4, 0.5) is 4.39 Å². The first kappa shape index (κ1) is 19.6. The summed E-state index contributed by atoms with van der Waals surface area (Å²) in [7, 11) is 0. The summed E-state index contributed by atoms with van der Waals surface area (Å²) in [4.78, 5) is 2.48. The molecular weight excluding hydrogens is 385 g/mol. The summed E-state index contributed by atoms with van der Waals surface area (Å²) in [5, 5.41) is 6.83. The number of rotatable bonds is 5. The van der Waals surface area contributed by atoms with Crippen LogP contribution >= 0.6 is 11.6 Å². The van der Waals surface area contributed by atoms with Crippen molar-refractivity contribution in [2.24, 2.45) is 5.10 Å². The maximum atomic E-state index is 13.9. The van der Waals surface area contributed by atoms with E-state index in [-0.39, 0.29) is 11.9 Å². The van der Waals surface area contributed by atoms with Crippen LogP contribution in [0.15, 0.2) is 84.0 Å². The van der Waals surface area contributed by atoms with E-state index < -0.39 is 0 Å². The highest BCUT2D eigenvalue weighted by Crippen LogP contribution is 2.29. The van der Waals surface area contributed by atoms with Crippen molar-refractivity contribution < 1.29 is 4.39 Å². The number of hydrazone groups is 1. The third kappa shape index (κ3) is 4.66. The van der Waals surface area contributed by atoms with Gasteiger partial charge < -0.3 is 0 Å². The van der Waals surface area contributed by atoms with Crippen molar-refractivity contribution in [3.05, 3.63) is 106 Å². The molecule has 0 amide bonds. The highest BCUT2D eigenvalue weighted by atomic mass is 35.5. The van der Waals surface area contributed by atoms with E-state index in [1.807, 2.05) is 17.1 Å². The molecule has 3 aromatic rings. The van der Waals surface area contributed by atoms with E-state index in [1.165, 1.54) is 23.4 Å². The van der Waals surface area contributed by atoms with Crippen LogP contribution in [0.2, 0.25) is 5.02 Å². The van der Waals surface area contributed by atoms with Gasteiger partial charge in [-0.15, -0.1) is 0 Å². The lowest BCUT2D eigenvalue weighted by Gasteiger charge is -2.38. The zero-order valence-corrected chi connectivity index (χ0v) is 16.8. The minimum atomic E-state index is -0.354. The van der Waals surface area contributed by atoms with Crippen molar-refractivity contribution in [3.8, 4) is 0 Å². The molecule has 4 rings (SSSR count). The highest BCUT2D eigenvalue weighted by molar-refractivity contribution is 6.33. The molecule has 0 atom stereocenters. The summed E-state index contributed by atoms with van der Waals surface area (Å²) in [5.74, 6) is -0.354. The van der Waals surface area contributed by atoms with E-state index in [4.69, 9.17) is 11.6 Å². The molecule has 1 saturated heterocycles. The number of nitrogens with zero attached hydrogens (tertiary/aromatic N) is 3. The van der Waals surface area contributed by atoms with Gasteiger partial charge in [0.2, 0.25) is 0 Å². The lowest BCUT2D eigenvalue weighted by Crippen LogP contribution is -2.45. The van der Waals surface area contributed by atoms with E-state index in [1.54, 1.807) is 12.1 Å². The molecule has 5 heteroatoms. The molecule has 1 fully saturated rings. The van der Waals surface area contributed by atoms with Crippen LogP contribution in [-0.2, 0) is 0 Å². The van der Waals surface area contributed by atoms with Crippen LogP contribution in [0.3, 0.4) is 0 Å². The molecule has 0 aliphatic carbocycles. The van der Waals surface area contributed by atoms with E-state index in [2.05, 4.69) is 58.5 Å². The molecule has 0 radical (unpaired) electrons. The molecule has 3 nitrogen and oxygen atoms in total. The molecule has 148 valence electrons. The van der Waals surface area contributed by atoms with Crippen molar-refractivity contribution in [2.45, 2.75) is 6.04 Å². The third-order valence-electron chi connectivity index (χ3n) is 5.24. The van der Waals surface area contributed by atoms with Gasteiger partial charge in [-0.05, 0) is 23.3 Å². The van der Waals surface area contributed by atoms with Gasteiger partial charge in [-0.3, -0.25) is 9.91 Å². The van der Waals surface area contributed by atoms with E-state index in [0.29, 0.717) is 10.6 Å². The molecule has 1 aliphatic heterocycles. The van der Waals surface area contributed by atoms with Crippen LogP contribution in [0, 0.1) is 5.82 Å². The first-order chi connectivity index (χ1) is 14.2. The molecule has 0 bridgehead atoms. The van der Waals surface area contributed by atoms with E-state index in [9.17, 15) is 4.39 Å². The highest BCUT2D eigenvalue weighted by Gasteiger charge is 2.25. The molecule has 0 aromatic heterocycles. The maximum Gasteiger partial charge on any atom is 0.133 e. The Kier molecular flexibility index (Phi) is 6.23. The van der Waals surface area contributed by atoms with Gasteiger partial charge in [0.05, 0.1) is 17.3 Å². The summed E-state index contributed by atoms with van der Waals surface area (Å²) in [6.07, 6.45) is 1.53. The first-order valence-corrected chi connectivity index (χ1v) is 10.2. The molecule has 0 N–H and O–H groups in total. The number of hydrogen-bond donors (Lipinski definition) is 0. The molecular formula is C24H23ClFN3. The molecule has 29 heavy (non-hydrogen) atoms. The first-order valence-electron chi connectivity index (χ1n) is 9.79. The van der Waals surface area contributed by atoms with Crippen LogP contribution in [0.25, 0.3) is 0 Å². The van der Waals surface area contributed by atoms with Gasteiger partial charge in [0.25, 0.3) is 0 Å². The second-order valence-electron chi connectivity index (χ2n) is 7.09. The fourth-order valence-corrected chi connectivity index (χ4v) is 3.96. The predicted octanol–water partition coefficient (Wildman–Crippen LogP) is 5.22. The van der Waals surface area contributed by atoms with E-state index >= 15 is 0 Å². The summed E-state index contributed by atoms with van der Waals surface area (Å²) in [6, 6.07) is 26.1. The summed E-state index contributed by atoms with van der Waals surface area (Å²) in [5.41, 5.74) is 2.91. The summed E-state index contributed by atoms with van der Waals surface area (Å²) >= 11 is 6.09. The molecule has 0 unspecified atom stereocenters. The van der Waals surface area contributed by atoms with Crippen LogP contribution in [0.1, 0.15) is 22.7 Å². The fraction of sp³-hybridized carbons (Fsp3) is 0.208. The van der Waals surface area contributed by atoms with Crippen molar-refractivity contribution >= 4 is 17.8 Å². The van der Waals surface area contributed by atoms with Crippen LogP contribution in [-0.4, -0.2) is 42.3 Å². The molecule has 0 saturated carbocycles. The summed E-state index contributed by atoms with van der Waals surface area (Å²) in [6.45, 7) is 3.30. The van der Waals surface area contributed by atoms with Gasteiger partial charge >= 0.3 is 0 Å². The maximum absolute atomic E-state index is 13.9. The van der Waals surface area contributed by atoms with Gasteiger partial charge in [-0.1, -0.05) is 78.3 Å². The lowest BCUT2D eigenvalue weighted by molar-refractivity contribution is 0.113. The Bertz CT molecular complexity index is 895. The Balaban J connectivity index is 1.48. The molecule has 1 aliphatic rings. The van der Waals surface area contributed by atoms with Gasteiger partial charge in [0.1, 0.15) is 5.82 Å². The van der Waals surface area contributed by atoms with Crippen molar-refractivity contribution in [3.63, 3.8) is 0 Å². The number of benzene rings is 3. The number of hydrogen-bond acceptors (Lipinski definition) is 3. The Morgan fingerprint density at radius 2 is 1.38 bits per heavy atom. The van der Waals surface area contributed by atoms with Crippen LogP contribution < -0.4 is 0 Å². The zero-order valence-electron chi connectivity index (χ0n) is 16.1. The van der Waals surface area contributed by atoms with E-state index in [0.717, 1.165) is 26.2 Å². The normalized spacial score (nSPS) is 15.3. The number of piperazine rings is 1. The third-order valence-corrected chi connectivity index (χ3v) is 5.57. The minimum Gasteiger partial charge on any atom is -0.294 e. The van der Waals surface area contributed by atoms with Crippen molar-refractivity contribution in [1.82, 2.24) is 9.91 Å². The smallest absolute Gasteiger partial charge is 0.133 e. The second-order valence-corrected chi connectivity index (χ2v) is 7.50. The lowest BCUT2D eigenvalue weighted by atomic mass is 9.96. The number of halogens is 2. The molecule has 3 aromatic carbocycles. The monoisotopic (exact) mass is 407 g/mol. The summed E-state index contributed by atoms with van der Waals surface area (Å²) < 4.78 is 13.9. The minimum absolute atomic E-state index is 0.213. The quantitative estimate of drug-likeness (QED) is 0.540. The average Bonchev–Trinajstić information content (AvgIpc) is 2.76. The van der Waals surface area contributed by atoms with Gasteiger partial charge in [0, 0.05) is 31.7 Å². The molecule has 0 spiro atoms. The fourth-order valence-electron chi connectivity index (χ4n) is 3.74. The topological polar surface area (TPSA) is 18.8 Å². The van der Waals surface area contributed by atoms with Gasteiger partial charge in [-0.25, -0.2) is 4.39 Å². The largest absolute Gasteiger partial charge is 0.294 e. The SMILES string of the molecule is Fc1cccc(Cl)c1C=NN1CCN(C(c2ccccc2)c2ccccc2)CC1. The van der Waals surface area contributed by atoms with Gasteiger partial charge in [0.15, 0.2) is 0 Å². The van der Waals surface area contributed by atoms with Crippen LogP contribution in [0.5, 0.6) is 0 Å². The Hall–Kier alpha value is -2.69. The van der Waals surface area contributed by atoms with Gasteiger partial charge in [-0.2, -0.15) is 5.10 Å². The second kappa shape index (κ2) is 9.21. The predicted molar refractivity (Wildman–Crippen MR) is 117 cm³/mol. The Morgan fingerprint density at radius 3 is 1.93 bits per heavy atom. The Morgan fingerprint density at radius 1 is 0.793 bits per heavy atom. The van der Waals surface area contributed by atoms with Crippen molar-refractivity contribution in [2.75, 3.05) is 26.2 Å². The average molecular weight is 408 g/mol.